The Balaban J connectivity index is 2.97. The normalized spacial score (nSPS) is 10.4. The van der Waals surface area contributed by atoms with Gasteiger partial charge in [-0.15, -0.1) is 0 Å². The molecule has 2 aromatic rings. The first-order valence-corrected chi connectivity index (χ1v) is 5.01. The van der Waals surface area contributed by atoms with Crippen molar-refractivity contribution < 1.29 is 18.6 Å². The molecule has 2 rings (SSSR count). The van der Waals surface area contributed by atoms with E-state index in [0.29, 0.717) is 11.5 Å². The monoisotopic (exact) mass is 252 g/mol. The van der Waals surface area contributed by atoms with E-state index in [9.17, 15) is 4.79 Å². The molecule has 0 spiro atoms. The number of ether oxygens (including phenoxy) is 3. The molecule has 0 saturated carbocycles. The molecule has 7 nitrogen and oxygen atoms in total. The van der Waals surface area contributed by atoms with Crippen molar-refractivity contribution in [1.29, 1.82) is 0 Å². The van der Waals surface area contributed by atoms with Gasteiger partial charge in [-0.05, 0) is 0 Å². The first-order chi connectivity index (χ1) is 8.62. The van der Waals surface area contributed by atoms with Crippen LogP contribution in [0.5, 0.6) is 17.2 Å². The quantitative estimate of drug-likeness (QED) is 0.862. The minimum atomic E-state index is -0.614. The molecule has 0 bridgehead atoms. The van der Waals surface area contributed by atoms with E-state index in [0.717, 1.165) is 0 Å². The van der Waals surface area contributed by atoms with Crippen molar-refractivity contribution in [2.24, 2.45) is 0 Å². The van der Waals surface area contributed by atoms with Gasteiger partial charge in [-0.1, -0.05) is 0 Å². The number of nitrogen functional groups attached to an aromatic ring is 1. The lowest BCUT2D eigenvalue weighted by Crippen LogP contribution is -2.07. The largest absolute Gasteiger partial charge is 0.493 e. The van der Waals surface area contributed by atoms with Crippen LogP contribution in [0.15, 0.2) is 15.3 Å². The fourth-order valence-electron chi connectivity index (χ4n) is 1.69. The van der Waals surface area contributed by atoms with Gasteiger partial charge in [0.2, 0.25) is 5.75 Å². The van der Waals surface area contributed by atoms with Crippen molar-refractivity contribution in [2.75, 3.05) is 27.1 Å². The van der Waals surface area contributed by atoms with Crippen LogP contribution in [0.4, 0.5) is 6.01 Å². The molecule has 96 valence electrons. The summed E-state index contributed by atoms with van der Waals surface area (Å²) in [6.07, 6.45) is 0. The van der Waals surface area contributed by atoms with Gasteiger partial charge in [0, 0.05) is 6.07 Å². The van der Waals surface area contributed by atoms with Crippen molar-refractivity contribution in [3.8, 4) is 17.2 Å². The maximum atomic E-state index is 11.7. The molecule has 7 heteroatoms. The molecule has 0 fully saturated rings. The number of aromatic nitrogens is 1. The first kappa shape index (κ1) is 12.0. The van der Waals surface area contributed by atoms with Gasteiger partial charge in [0.1, 0.15) is 5.52 Å². The van der Waals surface area contributed by atoms with E-state index < -0.39 is 5.63 Å². The fraction of sp³-hybridized carbons (Fsp3) is 0.273. The van der Waals surface area contributed by atoms with Crippen molar-refractivity contribution in [1.82, 2.24) is 4.98 Å². The Labute approximate surface area is 102 Å². The maximum absolute atomic E-state index is 11.7. The number of methoxy groups -OCH3 is 3. The number of nitrogens with zero attached hydrogens (tertiary/aromatic N) is 1. The lowest BCUT2D eigenvalue weighted by molar-refractivity contribution is 0.326. The number of anilines is 1. The third-order valence-electron chi connectivity index (χ3n) is 2.44. The molecule has 0 aliphatic heterocycles. The molecule has 0 atom stereocenters. The predicted molar refractivity (Wildman–Crippen MR) is 64.3 cm³/mol. The summed E-state index contributed by atoms with van der Waals surface area (Å²) in [5, 5.41) is 0.207. The van der Waals surface area contributed by atoms with E-state index in [-0.39, 0.29) is 22.7 Å². The van der Waals surface area contributed by atoms with E-state index >= 15 is 0 Å². The summed E-state index contributed by atoms with van der Waals surface area (Å²) in [5.74, 6) is 0.956. The standard InChI is InChI=1S/C11H12N2O5/c1-15-6-4-5-7(9(17-3)8(6)16-2)13-11(12)18-10(5)14/h4H,1-3H3,(H2,12,13). The number of nitrogens with two attached hydrogens (primary N) is 1. The van der Waals surface area contributed by atoms with Gasteiger partial charge in [0.15, 0.2) is 11.5 Å². The van der Waals surface area contributed by atoms with Crippen LogP contribution < -0.4 is 25.6 Å². The summed E-state index contributed by atoms with van der Waals surface area (Å²) in [7, 11) is 4.35. The molecule has 1 aromatic heterocycles. The first-order valence-electron chi connectivity index (χ1n) is 5.01. The minimum absolute atomic E-state index is 0.207. The van der Waals surface area contributed by atoms with Crippen molar-refractivity contribution in [2.45, 2.75) is 0 Å². The van der Waals surface area contributed by atoms with Crippen LogP contribution in [0, 0.1) is 0 Å². The van der Waals surface area contributed by atoms with Gasteiger partial charge in [-0.3, -0.25) is 0 Å². The Hall–Kier alpha value is -2.44. The molecule has 1 heterocycles. The number of hydrogen-bond acceptors (Lipinski definition) is 7. The van der Waals surface area contributed by atoms with Crippen LogP contribution in [0.1, 0.15) is 0 Å². The summed E-state index contributed by atoms with van der Waals surface area (Å²) >= 11 is 0. The van der Waals surface area contributed by atoms with Gasteiger partial charge in [-0.2, -0.15) is 4.98 Å². The van der Waals surface area contributed by atoms with Crippen LogP contribution >= 0.6 is 0 Å². The van der Waals surface area contributed by atoms with E-state index in [1.807, 2.05) is 0 Å². The van der Waals surface area contributed by atoms with Crippen molar-refractivity contribution >= 4 is 16.9 Å². The fourth-order valence-corrected chi connectivity index (χ4v) is 1.69. The average Bonchev–Trinajstić information content (AvgIpc) is 2.36. The smallest absolute Gasteiger partial charge is 0.348 e. The zero-order valence-corrected chi connectivity index (χ0v) is 10.1. The van der Waals surface area contributed by atoms with E-state index in [2.05, 4.69) is 4.98 Å². The molecular formula is C11H12N2O5. The summed E-state index contributed by atoms with van der Waals surface area (Å²) < 4.78 is 20.2. The molecule has 0 amide bonds. The van der Waals surface area contributed by atoms with Crippen molar-refractivity contribution in [3.63, 3.8) is 0 Å². The highest BCUT2D eigenvalue weighted by Gasteiger charge is 2.19. The van der Waals surface area contributed by atoms with Crippen LogP contribution in [0.2, 0.25) is 0 Å². The van der Waals surface area contributed by atoms with E-state index in [4.69, 9.17) is 24.4 Å². The number of fused-ring (bicyclic) bond motifs is 1. The highest BCUT2D eigenvalue weighted by Crippen LogP contribution is 2.41. The van der Waals surface area contributed by atoms with Crippen LogP contribution in [0.3, 0.4) is 0 Å². The van der Waals surface area contributed by atoms with E-state index in [1.54, 1.807) is 0 Å². The zero-order valence-electron chi connectivity index (χ0n) is 10.1. The third-order valence-corrected chi connectivity index (χ3v) is 2.44. The molecule has 18 heavy (non-hydrogen) atoms. The molecule has 0 saturated heterocycles. The highest BCUT2D eigenvalue weighted by atomic mass is 16.5. The second-order valence-electron chi connectivity index (χ2n) is 3.38. The van der Waals surface area contributed by atoms with Crippen LogP contribution in [0.25, 0.3) is 10.9 Å². The summed E-state index contributed by atoms with van der Waals surface area (Å²) in [6.45, 7) is 0. The van der Waals surface area contributed by atoms with E-state index in [1.165, 1.54) is 27.4 Å². The topological polar surface area (TPSA) is 96.8 Å². The lowest BCUT2D eigenvalue weighted by Gasteiger charge is -2.13. The van der Waals surface area contributed by atoms with Gasteiger partial charge in [0.25, 0.3) is 6.01 Å². The Morgan fingerprint density at radius 3 is 2.39 bits per heavy atom. The maximum Gasteiger partial charge on any atom is 0.348 e. The molecule has 1 aromatic carbocycles. The Kier molecular flexibility index (Phi) is 2.97. The highest BCUT2D eigenvalue weighted by molar-refractivity contribution is 5.89. The minimum Gasteiger partial charge on any atom is -0.493 e. The molecular weight excluding hydrogens is 240 g/mol. The summed E-state index contributed by atoms with van der Waals surface area (Å²) in [6, 6.07) is 1.23. The van der Waals surface area contributed by atoms with Gasteiger partial charge < -0.3 is 24.4 Å². The Morgan fingerprint density at radius 1 is 1.17 bits per heavy atom. The number of rotatable bonds is 3. The van der Waals surface area contributed by atoms with Crippen molar-refractivity contribution in [3.05, 3.63) is 16.5 Å². The summed E-state index contributed by atoms with van der Waals surface area (Å²) in [4.78, 5) is 15.6. The van der Waals surface area contributed by atoms with Crippen LogP contribution in [-0.4, -0.2) is 26.3 Å². The molecule has 0 aliphatic carbocycles. The third kappa shape index (κ3) is 1.69. The molecule has 2 N–H and O–H groups in total. The second-order valence-corrected chi connectivity index (χ2v) is 3.38. The molecule has 0 unspecified atom stereocenters. The number of hydrogen-bond donors (Lipinski definition) is 1. The Bertz CT molecular complexity index is 650. The predicted octanol–water partition coefficient (Wildman–Crippen LogP) is 0.796. The molecule has 0 radical (unpaired) electrons. The van der Waals surface area contributed by atoms with Gasteiger partial charge in [-0.25, -0.2) is 4.79 Å². The lowest BCUT2D eigenvalue weighted by atomic mass is 10.2. The van der Waals surface area contributed by atoms with Crippen LogP contribution in [-0.2, 0) is 0 Å². The van der Waals surface area contributed by atoms with Gasteiger partial charge >= 0.3 is 5.63 Å². The van der Waals surface area contributed by atoms with Gasteiger partial charge in [0.05, 0.1) is 26.7 Å². The SMILES string of the molecule is COc1cc2c(=O)oc(N)nc2c(OC)c1OC. The Morgan fingerprint density at radius 2 is 1.83 bits per heavy atom. The zero-order chi connectivity index (χ0) is 13.3. The molecule has 0 aliphatic rings. The average molecular weight is 252 g/mol. The second kappa shape index (κ2) is 4.44. The summed E-state index contributed by atoms with van der Waals surface area (Å²) in [5.41, 5.74) is 5.06. The number of benzene rings is 1.